The number of anilines is 1. The van der Waals surface area contributed by atoms with E-state index in [1.54, 1.807) is 6.07 Å². The van der Waals surface area contributed by atoms with E-state index in [1.165, 1.54) is 6.42 Å². The summed E-state index contributed by atoms with van der Waals surface area (Å²) in [5, 5.41) is 3.63. The molecule has 1 N–H and O–H groups in total. The van der Waals surface area contributed by atoms with Gasteiger partial charge < -0.3 is 10.2 Å². The Morgan fingerprint density at radius 1 is 1.43 bits per heavy atom. The highest BCUT2D eigenvalue weighted by atomic mass is 35.5. The molecule has 5 heteroatoms. The van der Waals surface area contributed by atoms with Crippen molar-refractivity contribution in [1.29, 1.82) is 0 Å². The molecule has 1 fully saturated rings. The standard InChI is InChI=1S/C16H24ClN3O/c1-3-9-18-14-7-6-13(17)15(19-14)16(21)20-10-4-5-12(2)8-11-20/h6-7,12H,3-5,8-11H2,1-2H3,(H,18,19). The molecule has 0 saturated carbocycles. The smallest absolute Gasteiger partial charge is 0.274 e. The lowest BCUT2D eigenvalue weighted by Gasteiger charge is -2.20. The number of amides is 1. The van der Waals surface area contributed by atoms with Gasteiger partial charge in [0.1, 0.15) is 11.5 Å². The highest BCUT2D eigenvalue weighted by molar-refractivity contribution is 6.33. The van der Waals surface area contributed by atoms with Crippen molar-refractivity contribution in [3.05, 3.63) is 22.8 Å². The van der Waals surface area contributed by atoms with Gasteiger partial charge in [0.25, 0.3) is 5.91 Å². The van der Waals surface area contributed by atoms with E-state index in [-0.39, 0.29) is 5.91 Å². The molecule has 4 nitrogen and oxygen atoms in total. The number of nitrogens with zero attached hydrogens (tertiary/aromatic N) is 2. The van der Waals surface area contributed by atoms with E-state index < -0.39 is 0 Å². The fourth-order valence-electron chi connectivity index (χ4n) is 2.56. The number of nitrogens with one attached hydrogen (secondary N) is 1. The number of carbonyl (C=O) groups is 1. The minimum Gasteiger partial charge on any atom is -0.370 e. The summed E-state index contributed by atoms with van der Waals surface area (Å²) >= 11 is 6.18. The first-order valence-corrected chi connectivity index (χ1v) is 8.19. The highest BCUT2D eigenvalue weighted by Gasteiger charge is 2.23. The lowest BCUT2D eigenvalue weighted by atomic mass is 10.0. The molecule has 0 aliphatic carbocycles. The summed E-state index contributed by atoms with van der Waals surface area (Å²) in [5.41, 5.74) is 0.368. The van der Waals surface area contributed by atoms with E-state index in [9.17, 15) is 4.79 Å². The molecule has 0 aromatic carbocycles. The van der Waals surface area contributed by atoms with E-state index >= 15 is 0 Å². The van der Waals surface area contributed by atoms with Gasteiger partial charge in [0.05, 0.1) is 5.02 Å². The third kappa shape index (κ3) is 4.34. The molecule has 21 heavy (non-hydrogen) atoms. The van der Waals surface area contributed by atoms with Gasteiger partial charge in [-0.25, -0.2) is 4.98 Å². The molecule has 1 aliphatic heterocycles. The van der Waals surface area contributed by atoms with Crippen molar-refractivity contribution >= 4 is 23.3 Å². The maximum Gasteiger partial charge on any atom is 0.274 e. The molecule has 0 bridgehead atoms. The Balaban J connectivity index is 2.13. The molecule has 2 heterocycles. The average molecular weight is 310 g/mol. The van der Waals surface area contributed by atoms with Gasteiger partial charge in [0, 0.05) is 19.6 Å². The summed E-state index contributed by atoms with van der Waals surface area (Å²) < 4.78 is 0. The Bertz CT molecular complexity index is 492. The number of hydrogen-bond donors (Lipinski definition) is 1. The van der Waals surface area contributed by atoms with E-state index in [4.69, 9.17) is 11.6 Å². The van der Waals surface area contributed by atoms with E-state index in [2.05, 4.69) is 24.1 Å². The van der Waals surface area contributed by atoms with Gasteiger partial charge in [-0.05, 0) is 43.7 Å². The van der Waals surface area contributed by atoms with Gasteiger partial charge in [-0.15, -0.1) is 0 Å². The average Bonchev–Trinajstić information content (AvgIpc) is 2.70. The molecular formula is C16H24ClN3O. The second-order valence-corrected chi connectivity index (χ2v) is 6.19. The molecule has 1 amide bonds. The highest BCUT2D eigenvalue weighted by Crippen LogP contribution is 2.22. The van der Waals surface area contributed by atoms with Crippen LogP contribution in [0.4, 0.5) is 5.82 Å². The zero-order valence-electron chi connectivity index (χ0n) is 12.9. The molecule has 1 saturated heterocycles. The monoisotopic (exact) mass is 309 g/mol. The maximum absolute atomic E-state index is 12.7. The van der Waals surface area contributed by atoms with Crippen molar-refractivity contribution < 1.29 is 4.79 Å². The number of carbonyl (C=O) groups excluding carboxylic acids is 1. The van der Waals surface area contributed by atoms with Crippen molar-refractivity contribution in [1.82, 2.24) is 9.88 Å². The SMILES string of the molecule is CCCNc1ccc(Cl)c(C(=O)N2CCCC(C)CC2)n1. The molecule has 1 aromatic rings. The van der Waals surface area contributed by atoms with Gasteiger partial charge in [0.2, 0.25) is 0 Å². The van der Waals surface area contributed by atoms with E-state index in [0.29, 0.717) is 22.5 Å². The van der Waals surface area contributed by atoms with Crippen LogP contribution in [0.3, 0.4) is 0 Å². The molecule has 1 unspecified atom stereocenters. The summed E-state index contributed by atoms with van der Waals surface area (Å²) in [6, 6.07) is 3.57. The Morgan fingerprint density at radius 2 is 2.24 bits per heavy atom. The Labute approximate surface area is 131 Å². The molecule has 116 valence electrons. The normalized spacial score (nSPS) is 19.2. The number of aromatic nitrogens is 1. The largest absolute Gasteiger partial charge is 0.370 e. The molecular weight excluding hydrogens is 286 g/mol. The third-order valence-electron chi connectivity index (χ3n) is 3.91. The first-order valence-electron chi connectivity index (χ1n) is 7.81. The summed E-state index contributed by atoms with van der Waals surface area (Å²) in [7, 11) is 0. The van der Waals surface area contributed by atoms with Gasteiger partial charge in [-0.2, -0.15) is 0 Å². The minimum absolute atomic E-state index is 0.0470. The van der Waals surface area contributed by atoms with Crippen molar-refractivity contribution in [3.63, 3.8) is 0 Å². The van der Waals surface area contributed by atoms with Crippen LogP contribution in [0.15, 0.2) is 12.1 Å². The van der Waals surface area contributed by atoms with Crippen molar-refractivity contribution in [2.45, 2.75) is 39.5 Å². The van der Waals surface area contributed by atoms with Crippen LogP contribution < -0.4 is 5.32 Å². The first-order chi connectivity index (χ1) is 10.1. The zero-order valence-corrected chi connectivity index (χ0v) is 13.6. The van der Waals surface area contributed by atoms with Gasteiger partial charge in [0.15, 0.2) is 0 Å². The maximum atomic E-state index is 12.7. The van der Waals surface area contributed by atoms with E-state index in [0.717, 1.165) is 38.9 Å². The predicted octanol–water partition coefficient (Wildman–Crippen LogP) is 3.82. The number of likely N-dealkylation sites (tertiary alicyclic amines) is 1. The second-order valence-electron chi connectivity index (χ2n) is 5.78. The summed E-state index contributed by atoms with van der Waals surface area (Å²) in [6.45, 7) is 6.77. The Morgan fingerprint density at radius 3 is 3.00 bits per heavy atom. The third-order valence-corrected chi connectivity index (χ3v) is 4.21. The fraction of sp³-hybridized carbons (Fsp3) is 0.625. The van der Waals surface area contributed by atoms with Crippen LogP contribution in [0.2, 0.25) is 5.02 Å². The first kappa shape index (κ1) is 16.1. The minimum atomic E-state index is -0.0470. The quantitative estimate of drug-likeness (QED) is 0.919. The molecule has 1 aromatic heterocycles. The van der Waals surface area contributed by atoms with Crippen LogP contribution in [0.5, 0.6) is 0 Å². The molecule has 1 atom stereocenters. The molecule has 1 aliphatic rings. The number of halogens is 1. The van der Waals surface area contributed by atoms with Gasteiger partial charge in [-0.1, -0.05) is 25.4 Å². The molecule has 2 rings (SSSR count). The van der Waals surface area contributed by atoms with Crippen LogP contribution >= 0.6 is 11.6 Å². The molecule has 0 radical (unpaired) electrons. The summed E-state index contributed by atoms with van der Waals surface area (Å²) in [6.07, 6.45) is 4.30. The summed E-state index contributed by atoms with van der Waals surface area (Å²) in [5.74, 6) is 1.35. The molecule has 0 spiro atoms. The lowest BCUT2D eigenvalue weighted by Crippen LogP contribution is -2.33. The lowest BCUT2D eigenvalue weighted by molar-refractivity contribution is 0.0755. The second kappa shape index (κ2) is 7.64. The van der Waals surface area contributed by atoms with Gasteiger partial charge >= 0.3 is 0 Å². The number of pyridine rings is 1. The fourth-order valence-corrected chi connectivity index (χ4v) is 2.75. The van der Waals surface area contributed by atoms with E-state index in [1.807, 2.05) is 11.0 Å². The van der Waals surface area contributed by atoms with Crippen LogP contribution in [0.1, 0.15) is 50.0 Å². The number of rotatable bonds is 4. The van der Waals surface area contributed by atoms with Crippen LogP contribution in [-0.2, 0) is 0 Å². The number of hydrogen-bond acceptors (Lipinski definition) is 3. The van der Waals surface area contributed by atoms with Crippen LogP contribution in [0.25, 0.3) is 0 Å². The Kier molecular flexibility index (Phi) is 5.85. The van der Waals surface area contributed by atoms with Crippen molar-refractivity contribution in [2.24, 2.45) is 5.92 Å². The van der Waals surface area contributed by atoms with Crippen molar-refractivity contribution in [3.8, 4) is 0 Å². The van der Waals surface area contributed by atoms with Crippen LogP contribution in [-0.4, -0.2) is 35.4 Å². The summed E-state index contributed by atoms with van der Waals surface area (Å²) in [4.78, 5) is 18.9. The topological polar surface area (TPSA) is 45.2 Å². The van der Waals surface area contributed by atoms with Gasteiger partial charge in [-0.3, -0.25) is 4.79 Å². The zero-order chi connectivity index (χ0) is 15.2. The Hall–Kier alpha value is -1.29. The predicted molar refractivity (Wildman–Crippen MR) is 86.9 cm³/mol. The van der Waals surface area contributed by atoms with Crippen LogP contribution in [0, 0.1) is 5.92 Å². The van der Waals surface area contributed by atoms with Crippen molar-refractivity contribution in [2.75, 3.05) is 25.0 Å².